The van der Waals surface area contributed by atoms with E-state index in [2.05, 4.69) is 6.07 Å². The van der Waals surface area contributed by atoms with Gasteiger partial charge in [-0.25, -0.2) is 0 Å². The Morgan fingerprint density at radius 1 is 1.09 bits per heavy atom. The summed E-state index contributed by atoms with van der Waals surface area (Å²) in [6.45, 7) is 2.56. The number of anilines is 1. The predicted octanol–water partition coefficient (Wildman–Crippen LogP) is 4.82. The third-order valence-electron chi connectivity index (χ3n) is 6.38. The molecule has 1 atom stereocenters. The average Bonchev–Trinajstić information content (AvgIpc) is 3.13. The highest BCUT2D eigenvalue weighted by Crippen LogP contribution is 2.43. The number of ketones is 1. The zero-order valence-electron chi connectivity index (χ0n) is 18.6. The molecule has 0 aromatic heterocycles. The highest BCUT2D eigenvalue weighted by atomic mass is 16.5. The molecule has 0 radical (unpaired) electrons. The Balaban J connectivity index is 1.70. The zero-order valence-corrected chi connectivity index (χ0v) is 18.6. The Labute approximate surface area is 197 Å². The van der Waals surface area contributed by atoms with E-state index >= 15 is 0 Å². The minimum atomic E-state index is -0.804. The lowest BCUT2D eigenvalue weighted by molar-refractivity contribution is -0.132. The summed E-state index contributed by atoms with van der Waals surface area (Å²) in [7, 11) is 0. The van der Waals surface area contributed by atoms with Gasteiger partial charge in [0.05, 0.1) is 29.9 Å². The molecule has 6 heteroatoms. The van der Waals surface area contributed by atoms with Crippen LogP contribution in [0.1, 0.15) is 40.3 Å². The van der Waals surface area contributed by atoms with E-state index in [1.165, 1.54) is 4.90 Å². The van der Waals surface area contributed by atoms with Crippen molar-refractivity contribution in [3.63, 3.8) is 0 Å². The van der Waals surface area contributed by atoms with Crippen LogP contribution in [0.5, 0.6) is 5.75 Å². The van der Waals surface area contributed by atoms with E-state index in [-0.39, 0.29) is 11.3 Å². The van der Waals surface area contributed by atoms with Crippen LogP contribution in [-0.2, 0) is 16.0 Å². The third kappa shape index (κ3) is 3.52. The van der Waals surface area contributed by atoms with Gasteiger partial charge in [-0.15, -0.1) is 0 Å². The Morgan fingerprint density at radius 3 is 2.59 bits per heavy atom. The topological polar surface area (TPSA) is 90.6 Å². The van der Waals surface area contributed by atoms with Gasteiger partial charge in [0.1, 0.15) is 11.5 Å². The second-order valence-corrected chi connectivity index (χ2v) is 8.46. The van der Waals surface area contributed by atoms with E-state index in [0.717, 1.165) is 35.3 Å². The van der Waals surface area contributed by atoms with E-state index in [1.807, 2.05) is 37.3 Å². The van der Waals surface area contributed by atoms with Crippen LogP contribution in [0.15, 0.2) is 72.3 Å². The number of nitriles is 1. The van der Waals surface area contributed by atoms with Gasteiger partial charge in [-0.05, 0) is 78.9 Å². The molecule has 6 nitrogen and oxygen atoms in total. The van der Waals surface area contributed by atoms with Crippen molar-refractivity contribution in [3.05, 3.63) is 100 Å². The normalized spacial score (nSPS) is 18.8. The SMILES string of the molecule is Cc1ccccc1C1/C(=C(\O)c2ccc3c(c2)CCCO3)C(=O)C(=O)N1c1ccc(C#N)cc1. The molecule has 2 aliphatic rings. The Bertz CT molecular complexity index is 1380. The Hall–Kier alpha value is -4.37. The number of fused-ring (bicyclic) bond motifs is 1. The van der Waals surface area contributed by atoms with E-state index < -0.39 is 17.7 Å². The lowest BCUT2D eigenvalue weighted by Crippen LogP contribution is -2.29. The van der Waals surface area contributed by atoms with Crippen molar-refractivity contribution in [1.29, 1.82) is 5.26 Å². The number of carbonyl (C=O) groups is 2. The molecule has 2 heterocycles. The van der Waals surface area contributed by atoms with Crippen molar-refractivity contribution in [2.24, 2.45) is 0 Å². The van der Waals surface area contributed by atoms with Crippen molar-refractivity contribution in [2.45, 2.75) is 25.8 Å². The Morgan fingerprint density at radius 2 is 1.85 bits per heavy atom. The van der Waals surface area contributed by atoms with E-state index in [9.17, 15) is 14.7 Å². The van der Waals surface area contributed by atoms with Crippen LogP contribution in [0.4, 0.5) is 5.69 Å². The van der Waals surface area contributed by atoms with Gasteiger partial charge >= 0.3 is 0 Å². The molecule has 0 saturated carbocycles. The van der Waals surface area contributed by atoms with Gasteiger partial charge in [0, 0.05) is 11.3 Å². The summed E-state index contributed by atoms with van der Waals surface area (Å²) in [4.78, 5) is 28.0. The molecule has 168 valence electrons. The minimum absolute atomic E-state index is 0.0420. The molecule has 1 unspecified atom stereocenters. The number of aliphatic hydroxyl groups excluding tert-OH is 1. The predicted molar refractivity (Wildman–Crippen MR) is 127 cm³/mol. The molecular formula is C28H22N2O4. The number of aliphatic hydroxyl groups is 1. The summed E-state index contributed by atoms with van der Waals surface area (Å²) in [5.74, 6) is -0.905. The number of amides is 1. The van der Waals surface area contributed by atoms with Crippen LogP contribution < -0.4 is 9.64 Å². The maximum absolute atomic E-state index is 13.3. The molecule has 34 heavy (non-hydrogen) atoms. The first kappa shape index (κ1) is 21.5. The van der Waals surface area contributed by atoms with Crippen LogP contribution in [0.3, 0.4) is 0 Å². The number of carbonyl (C=O) groups excluding carboxylic acids is 2. The maximum atomic E-state index is 13.3. The molecule has 0 aliphatic carbocycles. The highest BCUT2D eigenvalue weighted by Gasteiger charge is 2.47. The van der Waals surface area contributed by atoms with Gasteiger partial charge in [0.25, 0.3) is 11.7 Å². The fourth-order valence-corrected chi connectivity index (χ4v) is 4.65. The highest BCUT2D eigenvalue weighted by molar-refractivity contribution is 6.51. The second-order valence-electron chi connectivity index (χ2n) is 8.46. The molecule has 3 aromatic carbocycles. The molecule has 1 fully saturated rings. The molecular weight excluding hydrogens is 428 g/mol. The fraction of sp³-hybridized carbons (Fsp3) is 0.179. The zero-order chi connectivity index (χ0) is 23.8. The van der Waals surface area contributed by atoms with Crippen LogP contribution >= 0.6 is 0 Å². The van der Waals surface area contributed by atoms with Gasteiger partial charge in [-0.2, -0.15) is 5.26 Å². The van der Waals surface area contributed by atoms with Crippen molar-refractivity contribution < 1.29 is 19.4 Å². The number of aryl methyl sites for hydroxylation is 2. The average molecular weight is 450 g/mol. The summed E-state index contributed by atoms with van der Waals surface area (Å²) in [6.07, 6.45) is 1.70. The van der Waals surface area contributed by atoms with E-state index in [1.54, 1.807) is 36.4 Å². The minimum Gasteiger partial charge on any atom is -0.507 e. The molecule has 1 N–H and O–H groups in total. The second kappa shape index (κ2) is 8.53. The number of hydrogen-bond donors (Lipinski definition) is 1. The Kier molecular flexibility index (Phi) is 5.39. The van der Waals surface area contributed by atoms with Gasteiger partial charge in [0.15, 0.2) is 0 Å². The molecule has 1 saturated heterocycles. The van der Waals surface area contributed by atoms with Crippen molar-refractivity contribution in [1.82, 2.24) is 0 Å². The molecule has 5 rings (SSSR count). The number of nitrogens with zero attached hydrogens (tertiary/aromatic N) is 2. The smallest absolute Gasteiger partial charge is 0.300 e. The largest absolute Gasteiger partial charge is 0.507 e. The van der Waals surface area contributed by atoms with Gasteiger partial charge in [0.2, 0.25) is 0 Å². The van der Waals surface area contributed by atoms with Gasteiger partial charge in [-0.1, -0.05) is 24.3 Å². The van der Waals surface area contributed by atoms with Crippen LogP contribution in [0.25, 0.3) is 5.76 Å². The summed E-state index contributed by atoms with van der Waals surface area (Å²) >= 11 is 0. The monoisotopic (exact) mass is 450 g/mol. The summed E-state index contributed by atoms with van der Waals surface area (Å²) in [5.41, 5.74) is 4.04. The molecule has 0 spiro atoms. The number of benzene rings is 3. The first-order valence-corrected chi connectivity index (χ1v) is 11.1. The number of Topliss-reactive ketones (excluding diaryl/α,β-unsaturated/α-hetero) is 1. The lowest BCUT2D eigenvalue weighted by Gasteiger charge is -2.26. The number of hydrogen-bond acceptors (Lipinski definition) is 5. The van der Waals surface area contributed by atoms with E-state index in [0.29, 0.717) is 23.4 Å². The standard InChI is InChI=1S/C28H22N2O4/c1-17-5-2-3-7-22(17)25-24(26(31)20-10-13-23-19(15-20)6-4-14-34-23)27(32)28(33)30(25)21-11-8-18(16-29)9-12-21/h2-3,5,7-13,15,25,31H,4,6,14H2,1H3/b26-24+. The first-order valence-electron chi connectivity index (χ1n) is 11.1. The first-order chi connectivity index (χ1) is 16.5. The fourth-order valence-electron chi connectivity index (χ4n) is 4.65. The summed E-state index contributed by atoms with van der Waals surface area (Å²) < 4.78 is 5.67. The number of ether oxygens (including phenoxy) is 1. The van der Waals surface area contributed by atoms with Crippen LogP contribution in [-0.4, -0.2) is 23.4 Å². The van der Waals surface area contributed by atoms with Gasteiger partial charge < -0.3 is 9.84 Å². The van der Waals surface area contributed by atoms with Crippen LogP contribution in [0, 0.1) is 18.3 Å². The van der Waals surface area contributed by atoms with Crippen molar-refractivity contribution >= 4 is 23.1 Å². The lowest BCUT2D eigenvalue weighted by atomic mass is 9.91. The van der Waals surface area contributed by atoms with Crippen molar-refractivity contribution in [3.8, 4) is 11.8 Å². The number of rotatable bonds is 3. The molecule has 2 aliphatic heterocycles. The van der Waals surface area contributed by atoms with E-state index in [4.69, 9.17) is 10.00 Å². The maximum Gasteiger partial charge on any atom is 0.300 e. The molecule has 1 amide bonds. The molecule has 3 aromatic rings. The van der Waals surface area contributed by atoms with Crippen LogP contribution in [0.2, 0.25) is 0 Å². The van der Waals surface area contributed by atoms with Gasteiger partial charge in [-0.3, -0.25) is 14.5 Å². The third-order valence-corrected chi connectivity index (χ3v) is 6.38. The van der Waals surface area contributed by atoms with Crippen molar-refractivity contribution in [2.75, 3.05) is 11.5 Å². The summed E-state index contributed by atoms with van der Waals surface area (Å²) in [5, 5.41) is 20.5. The molecule has 0 bridgehead atoms. The quantitative estimate of drug-likeness (QED) is 0.351. The summed E-state index contributed by atoms with van der Waals surface area (Å²) in [6, 6.07) is 20.6.